The molecule has 30 nitrogen and oxygen atoms in total. The van der Waals surface area contributed by atoms with Gasteiger partial charge in [0.15, 0.2) is 0 Å². The van der Waals surface area contributed by atoms with Gasteiger partial charge < -0.3 is 54.9 Å². The van der Waals surface area contributed by atoms with Crippen molar-refractivity contribution in [3.8, 4) is 6.07 Å². The summed E-state index contributed by atoms with van der Waals surface area (Å²) in [6.45, 7) is 23.7. The van der Waals surface area contributed by atoms with Crippen LogP contribution in [0.1, 0.15) is 105 Å². The van der Waals surface area contributed by atoms with Gasteiger partial charge in [0.2, 0.25) is 0 Å². The van der Waals surface area contributed by atoms with E-state index in [1.165, 1.54) is 134 Å². The van der Waals surface area contributed by atoms with Gasteiger partial charge in [0.05, 0.1) is 120 Å². The van der Waals surface area contributed by atoms with Gasteiger partial charge in [-0.3, -0.25) is 23.8 Å². The number of rotatable bonds is 22. The molecule has 14 rings (SSSR count). The van der Waals surface area contributed by atoms with Crippen molar-refractivity contribution in [2.75, 3.05) is 114 Å². The van der Waals surface area contributed by atoms with Gasteiger partial charge in [-0.05, 0) is 209 Å². The second-order valence-corrected chi connectivity index (χ2v) is 43.0. The van der Waals surface area contributed by atoms with Crippen molar-refractivity contribution >= 4 is 232 Å². The number of hydrogen-bond donors (Lipinski definition) is 7. The molecule has 12 aromatic rings. The zero-order valence-corrected chi connectivity index (χ0v) is 88.0. The summed E-state index contributed by atoms with van der Waals surface area (Å²) in [5.74, 6) is -2.90. The number of nitrogens with zero attached hydrogens (tertiary/aromatic N) is 4. The molecule has 5 aromatic heterocycles. The number of methoxy groups -OCH3 is 2. The summed E-state index contributed by atoms with van der Waals surface area (Å²) < 4.78 is 152. The normalized spacial score (nSPS) is 12.2. The van der Waals surface area contributed by atoms with Crippen molar-refractivity contribution in [2.45, 2.75) is 93.7 Å². The summed E-state index contributed by atoms with van der Waals surface area (Å²) in [4.78, 5) is 65.8. The van der Waals surface area contributed by atoms with Crippen LogP contribution >= 0.6 is 102 Å². The average Bonchev–Trinajstić information content (AvgIpc) is 1.08. The molecule has 0 unspecified atom stereocenters. The number of nitrogen functional groups attached to an aromatic ring is 1. The van der Waals surface area contributed by atoms with E-state index in [1.807, 2.05) is 74.4 Å². The van der Waals surface area contributed by atoms with Crippen LogP contribution in [0.2, 0.25) is 10.0 Å². The molecule has 2 fully saturated rings. The molecule has 0 spiro atoms. The van der Waals surface area contributed by atoms with Crippen LogP contribution in [0.3, 0.4) is 0 Å². The number of benzene rings is 7. The number of nitriles is 1. The van der Waals surface area contributed by atoms with Crippen LogP contribution in [0.5, 0.6) is 0 Å². The first-order valence-electron chi connectivity index (χ1n) is 39.3. The molecule has 2 aliphatic heterocycles. The summed E-state index contributed by atoms with van der Waals surface area (Å²) in [6.07, 6.45) is 1.47. The number of carbonyl (C=O) groups is 5. The van der Waals surface area contributed by atoms with E-state index >= 15 is 0 Å². The number of carboxylic acids is 1. The monoisotopic (exact) mass is 2110 g/mol. The van der Waals surface area contributed by atoms with E-state index in [2.05, 4.69) is 60.4 Å². The molecule has 2 amide bonds. The van der Waals surface area contributed by atoms with Gasteiger partial charge in [-0.25, -0.2) is 56.5 Å². The molecule has 0 atom stereocenters. The zero-order valence-electron chi connectivity index (χ0n) is 74.8. The van der Waals surface area contributed by atoms with Crippen LogP contribution < -0.4 is 69.9 Å². The molecule has 0 bridgehead atoms. The fourth-order valence-corrected chi connectivity index (χ4v) is 21.9. The third-order valence-corrected chi connectivity index (χ3v) is 30.7. The van der Waals surface area contributed by atoms with E-state index in [0.29, 0.717) is 84.6 Å². The van der Waals surface area contributed by atoms with Gasteiger partial charge >= 0.3 is 47.5 Å². The van der Waals surface area contributed by atoms with Gasteiger partial charge in [0.1, 0.15) is 29.5 Å². The van der Waals surface area contributed by atoms with E-state index in [-0.39, 0.29) is 102 Å². The molecule has 2 saturated heterocycles. The summed E-state index contributed by atoms with van der Waals surface area (Å²) in [5.41, 5.74) is 17.8. The third-order valence-electron chi connectivity index (χ3n) is 18.8. The smallest absolute Gasteiger partial charge is 0.571 e. The van der Waals surface area contributed by atoms with Gasteiger partial charge in [0, 0.05) is 61.5 Å². The molecule has 0 aliphatic carbocycles. The molecule has 8 N–H and O–H groups in total. The second kappa shape index (κ2) is 52.6. The number of alkyl halides is 1. The number of amides is 2. The Balaban J connectivity index is 0.000000256. The SMILES string of the molecule is CC#N.CCl.COC(=O)c1sccc1N.COC(=O)c1sccc1NS(=O)(=O)c1ccc(C)cc1.Cc1ccc(S(=O)(=O)Cl)cc1.Cc1ccc(S(=O)(=O)Nc2ccsc2C(=O)Nc2c(C)cc(Cl)c(N3CCOCC3)c2C)cc1.Cc1ccc(S(=O)(=O)Nc2ccsc2C(=O)O)cc1.Cc1ccc(S(=O)(=O)[N-]c2ccsc2C(=O)Nc2c(C)cc(Cl)c(N3CCOCC3)c2C)cc1.[Na+]. The Hall–Kier alpha value is -9.69. The van der Waals surface area contributed by atoms with Crippen LogP contribution in [0.15, 0.2) is 215 Å². The number of ether oxygens (including phenoxy) is 4. The standard InChI is InChI=1S/2C24H26ClN3O4S2.C13H13NO4S2.C12H11NO4S2.C7H7ClO2S.C6H7NO2S.C2H3N.CH3Cl.Na/c2*1-15-4-6-18(7-5-15)34(30,31)27-20-8-13-33-23(20)24(29)26-21-16(2)14-19(25)22(17(21)3)28-9-11-32-12-10-28;1-9-3-5-10(6-4-9)20(16,17)14-11-7-8-19-12(11)13(15)18-2;1-8-2-4-9(5-3-8)19(16,17)13-10-6-7-18-11(10)12(14)15;1-6-2-4-7(5-3-6)11(8,9)10;1-9-6(8)5-4(7)2-3-10-5;1-2-3;1-2;/h4-8,13-14H,9-12H2,1-3H3,(H2,26,27,29);4-8,13-14,27H,9-12H2,1-3H3,(H,26,29);3-8,14H,1-2H3;2-7,13H,1H3,(H,14,15);2-5H,1H3;2-3H,7H2,1H3;1H3;1H3;/q;;;;;;;;+1/p-1. The number of nitrogens with one attached hydrogen (secondary N) is 5. The fraction of sp³-hybridized carbons (Fsp3) is 0.236. The van der Waals surface area contributed by atoms with Crippen LogP contribution in [0, 0.1) is 73.6 Å². The minimum Gasteiger partial charge on any atom is -0.571 e. The van der Waals surface area contributed by atoms with Gasteiger partial charge in [-0.15, -0.1) is 74.0 Å². The Morgan fingerprint density at radius 2 is 0.739 bits per heavy atom. The number of nitrogens with two attached hydrogens (primary N) is 1. The Kier molecular flexibility index (Phi) is 44.4. The first kappa shape index (κ1) is 113. The Morgan fingerprint density at radius 1 is 0.448 bits per heavy atom. The summed E-state index contributed by atoms with van der Waals surface area (Å²) in [5, 5.41) is 31.7. The maximum absolute atomic E-state index is 13.2. The molecular formula is C89H95Cl4N10NaO20S10. The van der Waals surface area contributed by atoms with Gasteiger partial charge in [0.25, 0.3) is 50.9 Å². The number of sulfonamides is 4. The Morgan fingerprint density at radius 3 is 1.08 bits per heavy atom. The predicted molar refractivity (Wildman–Crippen MR) is 534 cm³/mol. The van der Waals surface area contributed by atoms with Gasteiger partial charge in [-0.1, -0.05) is 118 Å². The minimum absolute atomic E-state index is 0. The molecule has 0 saturated carbocycles. The van der Waals surface area contributed by atoms with Crippen molar-refractivity contribution in [3.05, 3.63) is 280 Å². The van der Waals surface area contributed by atoms with E-state index in [9.17, 15) is 66.1 Å². The zero-order chi connectivity index (χ0) is 98.5. The fourth-order valence-electron chi connectivity index (χ4n) is 12.2. The molecule has 7 heterocycles. The predicted octanol–water partition coefficient (Wildman–Crippen LogP) is 17.7. The van der Waals surface area contributed by atoms with Crippen LogP contribution in [-0.4, -0.2) is 150 Å². The van der Waals surface area contributed by atoms with Crippen molar-refractivity contribution in [1.82, 2.24) is 0 Å². The first-order valence-corrected chi connectivity index (χ1v) is 53.4. The molecule has 134 heavy (non-hydrogen) atoms. The second-order valence-electron chi connectivity index (χ2n) is 28.4. The number of esters is 2. The van der Waals surface area contributed by atoms with Crippen molar-refractivity contribution < 1.29 is 120 Å². The number of hydrogen-bond acceptors (Lipinski definition) is 28. The number of thiophene rings is 5. The summed E-state index contributed by atoms with van der Waals surface area (Å²) in [7, 11) is -11.1. The number of aryl methyl sites for hydroxylation is 7. The summed E-state index contributed by atoms with van der Waals surface area (Å²) in [6, 6.07) is 45.3. The molecule has 2 aliphatic rings. The van der Waals surface area contributed by atoms with Crippen LogP contribution in [0.25, 0.3) is 4.72 Å². The Bertz CT molecular complexity index is 6490. The van der Waals surface area contributed by atoms with Crippen molar-refractivity contribution in [1.29, 1.82) is 5.26 Å². The first-order chi connectivity index (χ1) is 62.8. The number of carboxylic acid groups (broad SMARTS) is 1. The largest absolute Gasteiger partial charge is 1.00 e. The van der Waals surface area contributed by atoms with Crippen molar-refractivity contribution in [2.24, 2.45) is 0 Å². The maximum atomic E-state index is 13.2. The molecule has 0 radical (unpaired) electrons. The van der Waals surface area contributed by atoms with E-state index in [1.54, 1.807) is 100 Å². The Labute approximate surface area is 842 Å². The maximum Gasteiger partial charge on any atom is 1.00 e. The molecule has 45 heteroatoms. The van der Waals surface area contributed by atoms with E-state index in [4.69, 9.17) is 59.5 Å². The number of morpholine rings is 2. The van der Waals surface area contributed by atoms with Crippen LogP contribution in [0.4, 0.5) is 51.2 Å². The van der Waals surface area contributed by atoms with E-state index < -0.39 is 72.9 Å². The number of halogens is 4. The summed E-state index contributed by atoms with van der Waals surface area (Å²) >= 11 is 23.5. The topological polar surface area (TPSA) is 444 Å². The number of anilines is 8. The number of aromatic carboxylic acids is 1. The van der Waals surface area contributed by atoms with Gasteiger partial charge in [-0.2, -0.15) is 5.26 Å². The average molecular weight is 2110 g/mol. The third kappa shape index (κ3) is 32.2. The van der Waals surface area contributed by atoms with E-state index in [0.717, 1.165) is 95.5 Å². The molecule has 710 valence electrons. The minimum atomic E-state index is -3.96. The number of carbonyl (C=O) groups excluding carboxylic acids is 4. The molecular weight excluding hydrogens is 2010 g/mol. The van der Waals surface area contributed by atoms with Crippen LogP contribution in [-0.2, 0) is 68.1 Å². The van der Waals surface area contributed by atoms with Crippen molar-refractivity contribution in [3.63, 3.8) is 0 Å². The molecule has 7 aromatic carbocycles. The quantitative estimate of drug-likeness (QED) is 0.0143.